The number of hydrogen-bond acceptors (Lipinski definition) is 8. The smallest absolute Gasteiger partial charge is 0.233 e. The van der Waals surface area contributed by atoms with Gasteiger partial charge >= 0.3 is 0 Å². The Balaban J connectivity index is 1.52. The standard InChI is InChI=1S/C20H24FN7O2/c1-19(2)10-15(18(21)20(3,4)27-19)30-16-6-5-13(25-26-16)17-14(29)9-12(11-22-17)28-23-7-8-24-28/h5-9,11,15,18,27,29H,10H2,1-4H3/t15-,18-/m1/s1. The van der Waals surface area contributed by atoms with Crippen LogP contribution in [0.15, 0.2) is 36.8 Å². The molecule has 0 saturated carbocycles. The molecule has 1 aliphatic heterocycles. The molecule has 158 valence electrons. The van der Waals surface area contributed by atoms with E-state index in [0.29, 0.717) is 17.8 Å². The summed E-state index contributed by atoms with van der Waals surface area (Å²) >= 11 is 0. The van der Waals surface area contributed by atoms with Gasteiger partial charge in [0.2, 0.25) is 5.88 Å². The van der Waals surface area contributed by atoms with E-state index in [0.717, 1.165) is 0 Å². The number of nitrogens with zero attached hydrogens (tertiary/aromatic N) is 6. The highest BCUT2D eigenvalue weighted by atomic mass is 19.1. The van der Waals surface area contributed by atoms with Gasteiger partial charge in [-0.2, -0.15) is 10.2 Å². The van der Waals surface area contributed by atoms with Crippen LogP contribution in [0.2, 0.25) is 0 Å². The molecule has 1 aliphatic rings. The van der Waals surface area contributed by atoms with Gasteiger partial charge in [0, 0.05) is 29.6 Å². The Hall–Kier alpha value is -3.14. The minimum Gasteiger partial charge on any atom is -0.506 e. The molecule has 0 amide bonds. The van der Waals surface area contributed by atoms with Crippen LogP contribution in [0.3, 0.4) is 0 Å². The minimum absolute atomic E-state index is 0.0848. The van der Waals surface area contributed by atoms with Gasteiger partial charge in [0.1, 0.15) is 28.9 Å². The van der Waals surface area contributed by atoms with Crippen LogP contribution >= 0.6 is 0 Å². The van der Waals surface area contributed by atoms with E-state index >= 15 is 0 Å². The van der Waals surface area contributed by atoms with Crippen LogP contribution in [0, 0.1) is 0 Å². The molecule has 30 heavy (non-hydrogen) atoms. The SMILES string of the molecule is CC1(C)C[C@@H](Oc2ccc(-c3ncc(-n4nccn4)cc3O)nn2)[C@@H](F)C(C)(C)N1. The second-order valence-corrected chi connectivity index (χ2v) is 8.63. The highest BCUT2D eigenvalue weighted by Crippen LogP contribution is 2.33. The summed E-state index contributed by atoms with van der Waals surface area (Å²) in [5, 5.41) is 29.8. The van der Waals surface area contributed by atoms with Gasteiger partial charge in [0.15, 0.2) is 6.17 Å². The number of rotatable bonds is 4. The van der Waals surface area contributed by atoms with E-state index < -0.39 is 17.8 Å². The molecule has 0 aromatic carbocycles. The largest absolute Gasteiger partial charge is 0.506 e. The van der Waals surface area contributed by atoms with Gasteiger partial charge in [-0.3, -0.25) is 0 Å². The molecule has 3 aromatic rings. The van der Waals surface area contributed by atoms with E-state index in [1.807, 2.05) is 27.7 Å². The first-order chi connectivity index (χ1) is 14.1. The first-order valence-electron chi connectivity index (χ1n) is 9.64. The quantitative estimate of drug-likeness (QED) is 0.671. The van der Waals surface area contributed by atoms with Crippen LogP contribution < -0.4 is 10.1 Å². The number of nitrogens with one attached hydrogen (secondary N) is 1. The molecule has 1 fully saturated rings. The van der Waals surface area contributed by atoms with Crippen LogP contribution in [-0.2, 0) is 0 Å². The lowest BCUT2D eigenvalue weighted by Crippen LogP contribution is -2.66. The van der Waals surface area contributed by atoms with Crippen molar-refractivity contribution in [3.8, 4) is 28.7 Å². The fraction of sp³-hybridized carbons (Fsp3) is 0.450. The van der Waals surface area contributed by atoms with Gasteiger partial charge in [0.05, 0.1) is 18.6 Å². The highest BCUT2D eigenvalue weighted by molar-refractivity contribution is 5.63. The third kappa shape index (κ3) is 3.95. The van der Waals surface area contributed by atoms with Gasteiger partial charge < -0.3 is 15.2 Å². The summed E-state index contributed by atoms with van der Waals surface area (Å²) in [5.41, 5.74) is 0.144. The average molecular weight is 413 g/mol. The molecule has 2 atom stereocenters. The summed E-state index contributed by atoms with van der Waals surface area (Å²) in [6.45, 7) is 7.67. The van der Waals surface area contributed by atoms with Gasteiger partial charge in [-0.25, -0.2) is 9.37 Å². The number of hydrogen-bond donors (Lipinski definition) is 2. The molecule has 0 spiro atoms. The van der Waals surface area contributed by atoms with Gasteiger partial charge in [0.25, 0.3) is 0 Å². The summed E-state index contributed by atoms with van der Waals surface area (Å²) in [4.78, 5) is 5.58. The third-order valence-electron chi connectivity index (χ3n) is 5.05. The van der Waals surface area contributed by atoms with Crippen LogP contribution in [0.5, 0.6) is 11.6 Å². The summed E-state index contributed by atoms with van der Waals surface area (Å²) in [6.07, 6.45) is 3.22. The summed E-state index contributed by atoms with van der Waals surface area (Å²) in [5.74, 6) is 0.134. The lowest BCUT2D eigenvalue weighted by molar-refractivity contribution is -0.0281. The van der Waals surface area contributed by atoms with E-state index in [1.165, 1.54) is 29.5 Å². The predicted molar refractivity (Wildman–Crippen MR) is 107 cm³/mol. The molecule has 10 heteroatoms. The number of halogens is 1. The lowest BCUT2D eigenvalue weighted by atomic mass is 9.79. The molecule has 1 saturated heterocycles. The van der Waals surface area contributed by atoms with E-state index in [1.54, 1.807) is 12.1 Å². The number of aromatic nitrogens is 6. The number of alkyl halides is 1. The highest BCUT2D eigenvalue weighted by Gasteiger charge is 2.47. The molecule has 3 aromatic heterocycles. The van der Waals surface area contributed by atoms with Gasteiger partial charge in [-0.1, -0.05) is 0 Å². The monoisotopic (exact) mass is 413 g/mol. The van der Waals surface area contributed by atoms with Crippen LogP contribution in [0.4, 0.5) is 4.39 Å². The zero-order valence-corrected chi connectivity index (χ0v) is 17.2. The molecule has 0 unspecified atom stereocenters. The zero-order valence-electron chi connectivity index (χ0n) is 17.2. The van der Waals surface area contributed by atoms with Crippen molar-refractivity contribution < 1.29 is 14.2 Å². The van der Waals surface area contributed by atoms with Gasteiger partial charge in [-0.15, -0.1) is 15.0 Å². The molecule has 4 heterocycles. The average Bonchev–Trinajstić information content (AvgIpc) is 3.20. The van der Waals surface area contributed by atoms with E-state index in [4.69, 9.17) is 4.74 Å². The van der Waals surface area contributed by atoms with Crippen LogP contribution in [0.25, 0.3) is 17.1 Å². The van der Waals surface area contributed by atoms with E-state index in [2.05, 4.69) is 30.7 Å². The Bertz CT molecular complexity index is 1020. The van der Waals surface area contributed by atoms with E-state index in [9.17, 15) is 9.50 Å². The molecule has 9 nitrogen and oxygen atoms in total. The Morgan fingerprint density at radius 2 is 1.90 bits per heavy atom. The maximum atomic E-state index is 14.9. The molecule has 0 bridgehead atoms. The molecule has 0 radical (unpaired) electrons. The van der Waals surface area contributed by atoms with Crippen molar-refractivity contribution >= 4 is 0 Å². The summed E-state index contributed by atoms with van der Waals surface area (Å²) in [7, 11) is 0. The van der Waals surface area contributed by atoms with Crippen molar-refractivity contribution in [2.45, 2.75) is 57.5 Å². The third-order valence-corrected chi connectivity index (χ3v) is 5.05. The van der Waals surface area contributed by atoms with Crippen molar-refractivity contribution in [1.82, 2.24) is 35.5 Å². The van der Waals surface area contributed by atoms with Crippen molar-refractivity contribution in [3.05, 3.63) is 36.8 Å². The van der Waals surface area contributed by atoms with Crippen molar-refractivity contribution in [2.24, 2.45) is 0 Å². The molecular formula is C20H24FN7O2. The lowest BCUT2D eigenvalue weighted by Gasteiger charge is -2.48. The number of piperidine rings is 1. The van der Waals surface area contributed by atoms with Crippen molar-refractivity contribution in [3.63, 3.8) is 0 Å². The first-order valence-corrected chi connectivity index (χ1v) is 9.64. The maximum Gasteiger partial charge on any atom is 0.233 e. The molecule has 2 N–H and O–H groups in total. The predicted octanol–water partition coefficient (Wildman–Crippen LogP) is 2.46. The maximum absolute atomic E-state index is 14.9. The zero-order chi connectivity index (χ0) is 21.5. The second kappa shape index (κ2) is 7.28. The topological polar surface area (TPSA) is 111 Å². The van der Waals surface area contributed by atoms with Gasteiger partial charge in [-0.05, 0) is 33.8 Å². The Kier molecular flexibility index (Phi) is 4.89. The Morgan fingerprint density at radius 1 is 1.17 bits per heavy atom. The van der Waals surface area contributed by atoms with E-state index in [-0.39, 0.29) is 22.9 Å². The van der Waals surface area contributed by atoms with Crippen LogP contribution in [0.1, 0.15) is 34.1 Å². The molecule has 4 rings (SSSR count). The fourth-order valence-corrected chi connectivity index (χ4v) is 3.93. The Morgan fingerprint density at radius 3 is 2.53 bits per heavy atom. The second-order valence-electron chi connectivity index (χ2n) is 8.63. The van der Waals surface area contributed by atoms with Crippen molar-refractivity contribution in [1.29, 1.82) is 0 Å². The normalized spacial score (nSPS) is 22.6. The molecule has 0 aliphatic carbocycles. The minimum atomic E-state index is -1.21. The fourth-order valence-electron chi connectivity index (χ4n) is 3.93. The summed E-state index contributed by atoms with van der Waals surface area (Å²) in [6, 6.07) is 4.71. The molecular weight excluding hydrogens is 389 g/mol. The number of aromatic hydroxyl groups is 1. The number of ether oxygens (including phenoxy) is 1. The number of pyridine rings is 1. The summed E-state index contributed by atoms with van der Waals surface area (Å²) < 4.78 is 20.8. The first kappa shape index (κ1) is 20.1. The Labute approximate surface area is 173 Å². The van der Waals surface area contributed by atoms with Crippen molar-refractivity contribution in [2.75, 3.05) is 0 Å². The van der Waals surface area contributed by atoms with Crippen LogP contribution in [-0.4, -0.2) is 58.6 Å².